The summed E-state index contributed by atoms with van der Waals surface area (Å²) in [6.07, 6.45) is 1.54. The molecule has 0 aliphatic rings. The lowest BCUT2D eigenvalue weighted by molar-refractivity contribution is 0.415. The molecule has 0 atom stereocenters. The van der Waals surface area contributed by atoms with E-state index in [-0.39, 0.29) is 0 Å². The Bertz CT molecular complexity index is 920. The smallest absolute Gasteiger partial charge is 0.249 e. The van der Waals surface area contributed by atoms with E-state index in [4.69, 9.17) is 21.1 Å². The van der Waals surface area contributed by atoms with Gasteiger partial charge in [0.05, 0.1) is 26.1 Å². The van der Waals surface area contributed by atoms with Crippen LogP contribution in [0.25, 0.3) is 0 Å². The van der Waals surface area contributed by atoms with E-state index in [0.717, 1.165) is 17.0 Å². The van der Waals surface area contributed by atoms with Gasteiger partial charge in [-0.25, -0.2) is 0 Å². The molecular formula is C18H18ClN5O2. The summed E-state index contributed by atoms with van der Waals surface area (Å²) in [4.78, 5) is 4.42. The molecule has 2 N–H and O–H groups in total. The fourth-order valence-corrected chi connectivity index (χ4v) is 2.47. The van der Waals surface area contributed by atoms with Crippen molar-refractivity contribution in [3.05, 3.63) is 53.2 Å². The molecule has 1 heterocycles. The third kappa shape index (κ3) is 4.12. The largest absolute Gasteiger partial charge is 0.497 e. The van der Waals surface area contributed by atoms with Gasteiger partial charge in [0, 0.05) is 22.8 Å². The molecule has 3 aromatic rings. The number of benzene rings is 2. The Morgan fingerprint density at radius 3 is 2.65 bits per heavy atom. The second kappa shape index (κ2) is 7.88. The first kappa shape index (κ1) is 17.8. The van der Waals surface area contributed by atoms with Gasteiger partial charge >= 0.3 is 0 Å². The van der Waals surface area contributed by atoms with Crippen LogP contribution in [0.2, 0.25) is 5.02 Å². The van der Waals surface area contributed by atoms with E-state index in [1.165, 1.54) is 6.20 Å². The maximum Gasteiger partial charge on any atom is 0.249 e. The van der Waals surface area contributed by atoms with E-state index in [2.05, 4.69) is 25.8 Å². The first-order chi connectivity index (χ1) is 12.6. The maximum atomic E-state index is 6.14. The van der Waals surface area contributed by atoms with Crippen LogP contribution in [0.1, 0.15) is 5.56 Å². The number of rotatable bonds is 6. The number of hydrogen-bond donors (Lipinski definition) is 2. The molecule has 0 fully saturated rings. The Kier molecular flexibility index (Phi) is 5.38. The quantitative estimate of drug-likeness (QED) is 0.667. The number of anilines is 4. The van der Waals surface area contributed by atoms with Gasteiger partial charge in [0.1, 0.15) is 11.5 Å². The molecule has 0 aliphatic heterocycles. The summed E-state index contributed by atoms with van der Waals surface area (Å²) in [5, 5.41) is 14.9. The molecule has 0 unspecified atom stereocenters. The molecule has 1 aromatic heterocycles. The van der Waals surface area contributed by atoms with Crippen molar-refractivity contribution < 1.29 is 9.47 Å². The Hall–Kier alpha value is -3.06. The second-order valence-electron chi connectivity index (χ2n) is 5.45. The number of methoxy groups -OCH3 is 2. The minimum atomic E-state index is 0.331. The number of aromatic nitrogens is 3. The van der Waals surface area contributed by atoms with E-state index < -0.39 is 0 Å². The summed E-state index contributed by atoms with van der Waals surface area (Å²) in [6.45, 7) is 1.91. The van der Waals surface area contributed by atoms with Gasteiger partial charge in [0.2, 0.25) is 5.95 Å². The third-order valence-corrected chi connectivity index (χ3v) is 4.04. The molecule has 2 aromatic carbocycles. The predicted octanol–water partition coefficient (Wildman–Crippen LogP) is 4.34. The summed E-state index contributed by atoms with van der Waals surface area (Å²) < 4.78 is 10.6. The van der Waals surface area contributed by atoms with Crippen LogP contribution in [0.3, 0.4) is 0 Å². The third-order valence-electron chi connectivity index (χ3n) is 3.63. The van der Waals surface area contributed by atoms with Crippen molar-refractivity contribution in [3.63, 3.8) is 0 Å². The fourth-order valence-electron chi connectivity index (χ4n) is 2.32. The highest BCUT2D eigenvalue weighted by atomic mass is 35.5. The molecule has 7 nitrogen and oxygen atoms in total. The summed E-state index contributed by atoms with van der Waals surface area (Å²) in [6, 6.07) is 11.1. The first-order valence-electron chi connectivity index (χ1n) is 7.81. The van der Waals surface area contributed by atoms with Gasteiger partial charge in [-0.3, -0.25) is 0 Å². The first-order valence-corrected chi connectivity index (χ1v) is 8.19. The van der Waals surface area contributed by atoms with E-state index in [0.29, 0.717) is 28.2 Å². The van der Waals surface area contributed by atoms with Crippen LogP contribution in [0.15, 0.2) is 42.6 Å². The van der Waals surface area contributed by atoms with Crippen molar-refractivity contribution in [2.24, 2.45) is 0 Å². The average molecular weight is 372 g/mol. The summed E-state index contributed by atoms with van der Waals surface area (Å²) in [7, 11) is 3.20. The van der Waals surface area contributed by atoms with Crippen LogP contribution in [0.4, 0.5) is 23.1 Å². The maximum absolute atomic E-state index is 6.14. The summed E-state index contributed by atoms with van der Waals surface area (Å²) in [5.74, 6) is 2.21. The second-order valence-corrected chi connectivity index (χ2v) is 5.86. The zero-order valence-corrected chi connectivity index (χ0v) is 15.3. The lowest BCUT2D eigenvalue weighted by atomic mass is 10.2. The molecule has 0 bridgehead atoms. The summed E-state index contributed by atoms with van der Waals surface area (Å²) in [5.41, 5.74) is 2.44. The van der Waals surface area contributed by atoms with Gasteiger partial charge < -0.3 is 20.1 Å². The number of halogens is 1. The van der Waals surface area contributed by atoms with Gasteiger partial charge in [0.25, 0.3) is 0 Å². The van der Waals surface area contributed by atoms with Crippen molar-refractivity contribution in [2.75, 3.05) is 24.9 Å². The SMILES string of the molecule is COc1cccc(Nc2cnnc(Nc3cc(C)c(Cl)cc3OC)n2)c1. The van der Waals surface area contributed by atoms with Gasteiger partial charge in [-0.05, 0) is 30.7 Å². The highest BCUT2D eigenvalue weighted by Gasteiger charge is 2.10. The number of ether oxygens (including phenoxy) is 2. The molecule has 0 radical (unpaired) electrons. The average Bonchev–Trinajstić information content (AvgIpc) is 2.65. The molecule has 8 heteroatoms. The van der Waals surface area contributed by atoms with Crippen molar-refractivity contribution in [1.29, 1.82) is 0 Å². The minimum Gasteiger partial charge on any atom is -0.497 e. The van der Waals surface area contributed by atoms with E-state index in [1.807, 2.05) is 37.3 Å². The van der Waals surface area contributed by atoms with Crippen molar-refractivity contribution >= 4 is 34.7 Å². The van der Waals surface area contributed by atoms with Crippen LogP contribution >= 0.6 is 11.6 Å². The Balaban J connectivity index is 1.82. The Morgan fingerprint density at radius 2 is 1.88 bits per heavy atom. The standard InChI is InChI=1S/C18H18ClN5O2/c1-11-7-15(16(26-3)9-14(11)19)22-18-23-17(10-20-24-18)21-12-5-4-6-13(8-12)25-2/h4-10H,1-3H3,(H2,21,22,23,24). The van der Waals surface area contributed by atoms with Gasteiger partial charge in [-0.15, -0.1) is 5.10 Å². The summed E-state index contributed by atoms with van der Waals surface area (Å²) >= 11 is 6.14. The normalized spacial score (nSPS) is 10.3. The molecule has 0 amide bonds. The van der Waals surface area contributed by atoms with Crippen LogP contribution in [-0.2, 0) is 0 Å². The molecule has 0 aliphatic carbocycles. The van der Waals surface area contributed by atoms with Crippen molar-refractivity contribution in [3.8, 4) is 11.5 Å². The molecule has 0 saturated carbocycles. The van der Waals surface area contributed by atoms with Gasteiger partial charge in [-0.1, -0.05) is 17.7 Å². The van der Waals surface area contributed by atoms with E-state index in [1.54, 1.807) is 20.3 Å². The van der Waals surface area contributed by atoms with Gasteiger partial charge in [-0.2, -0.15) is 10.1 Å². The van der Waals surface area contributed by atoms with Crippen molar-refractivity contribution in [2.45, 2.75) is 6.92 Å². The zero-order valence-electron chi connectivity index (χ0n) is 14.6. The Morgan fingerprint density at radius 1 is 1.04 bits per heavy atom. The molecule has 0 spiro atoms. The van der Waals surface area contributed by atoms with Crippen LogP contribution in [0.5, 0.6) is 11.5 Å². The Labute approximate surface area is 156 Å². The van der Waals surface area contributed by atoms with Crippen molar-refractivity contribution in [1.82, 2.24) is 15.2 Å². The lowest BCUT2D eigenvalue weighted by Crippen LogP contribution is -2.03. The van der Waals surface area contributed by atoms with Crippen LogP contribution in [-0.4, -0.2) is 29.4 Å². The van der Waals surface area contributed by atoms with Crippen LogP contribution < -0.4 is 20.1 Å². The highest BCUT2D eigenvalue weighted by molar-refractivity contribution is 6.31. The highest BCUT2D eigenvalue weighted by Crippen LogP contribution is 2.32. The fraction of sp³-hybridized carbons (Fsp3) is 0.167. The molecule has 26 heavy (non-hydrogen) atoms. The van der Waals surface area contributed by atoms with Crippen LogP contribution in [0, 0.1) is 6.92 Å². The molecule has 134 valence electrons. The monoisotopic (exact) mass is 371 g/mol. The zero-order chi connectivity index (χ0) is 18.5. The number of nitrogens with one attached hydrogen (secondary N) is 2. The van der Waals surface area contributed by atoms with E-state index in [9.17, 15) is 0 Å². The topological polar surface area (TPSA) is 81.2 Å². The molecular weight excluding hydrogens is 354 g/mol. The number of nitrogens with zero attached hydrogens (tertiary/aromatic N) is 3. The van der Waals surface area contributed by atoms with E-state index >= 15 is 0 Å². The van der Waals surface area contributed by atoms with Gasteiger partial charge in [0.15, 0.2) is 5.82 Å². The lowest BCUT2D eigenvalue weighted by Gasteiger charge is -2.12. The minimum absolute atomic E-state index is 0.331. The number of aryl methyl sites for hydroxylation is 1. The number of hydrogen-bond acceptors (Lipinski definition) is 7. The molecule has 3 rings (SSSR count). The predicted molar refractivity (Wildman–Crippen MR) is 102 cm³/mol. The molecule has 0 saturated heterocycles.